The maximum atomic E-state index is 12.8. The SMILES string of the molecule is CC(C)[C@H](NC(=O)c1c(NC(=O)OCC2c3ccccc3-c3ccccc32)cnn1C)C(=O)O. The van der Waals surface area contributed by atoms with Gasteiger partial charge >= 0.3 is 12.1 Å². The molecule has 0 bridgehead atoms. The number of nitrogens with zero attached hydrogens (tertiary/aromatic N) is 2. The van der Waals surface area contributed by atoms with Gasteiger partial charge in [0.1, 0.15) is 18.3 Å². The highest BCUT2D eigenvalue weighted by Crippen LogP contribution is 2.44. The van der Waals surface area contributed by atoms with Crippen LogP contribution in [0.25, 0.3) is 11.1 Å². The first-order chi connectivity index (χ1) is 16.3. The quantitative estimate of drug-likeness (QED) is 0.493. The molecule has 0 saturated carbocycles. The molecule has 0 radical (unpaired) electrons. The van der Waals surface area contributed by atoms with E-state index >= 15 is 0 Å². The molecule has 3 N–H and O–H groups in total. The zero-order valence-electron chi connectivity index (χ0n) is 19.1. The normalized spacial score (nSPS) is 13.2. The lowest BCUT2D eigenvalue weighted by Gasteiger charge is -2.18. The van der Waals surface area contributed by atoms with E-state index < -0.39 is 24.0 Å². The molecule has 1 heterocycles. The van der Waals surface area contributed by atoms with Crippen LogP contribution in [-0.2, 0) is 16.6 Å². The average molecular weight is 463 g/mol. The van der Waals surface area contributed by atoms with Crippen molar-refractivity contribution in [3.8, 4) is 11.1 Å². The van der Waals surface area contributed by atoms with Crippen LogP contribution in [0.15, 0.2) is 54.7 Å². The topological polar surface area (TPSA) is 123 Å². The highest BCUT2D eigenvalue weighted by atomic mass is 16.5. The number of amides is 2. The summed E-state index contributed by atoms with van der Waals surface area (Å²) in [6.45, 7) is 3.51. The minimum Gasteiger partial charge on any atom is -0.480 e. The van der Waals surface area contributed by atoms with Gasteiger partial charge in [0.15, 0.2) is 0 Å². The summed E-state index contributed by atoms with van der Waals surface area (Å²) in [4.78, 5) is 36.8. The Labute approximate surface area is 196 Å². The molecule has 0 spiro atoms. The van der Waals surface area contributed by atoms with E-state index in [1.807, 2.05) is 36.4 Å². The molecule has 1 aliphatic carbocycles. The molecule has 4 rings (SSSR count). The fourth-order valence-electron chi connectivity index (χ4n) is 4.27. The van der Waals surface area contributed by atoms with Crippen LogP contribution in [0.4, 0.5) is 10.5 Å². The Hall–Kier alpha value is -4.14. The number of aromatic nitrogens is 2. The lowest BCUT2D eigenvalue weighted by atomic mass is 9.98. The number of nitrogens with one attached hydrogen (secondary N) is 2. The van der Waals surface area contributed by atoms with Gasteiger partial charge < -0.3 is 15.2 Å². The summed E-state index contributed by atoms with van der Waals surface area (Å²) in [6, 6.07) is 15.0. The first kappa shape index (κ1) is 23.0. The van der Waals surface area contributed by atoms with Gasteiger partial charge in [-0.2, -0.15) is 5.10 Å². The third-order valence-electron chi connectivity index (χ3n) is 5.95. The molecule has 2 amide bonds. The summed E-state index contributed by atoms with van der Waals surface area (Å²) in [5, 5.41) is 18.4. The van der Waals surface area contributed by atoms with E-state index in [0.29, 0.717) is 0 Å². The minimum absolute atomic E-state index is 0.0282. The number of anilines is 1. The maximum Gasteiger partial charge on any atom is 0.411 e. The van der Waals surface area contributed by atoms with Gasteiger partial charge in [-0.3, -0.25) is 14.8 Å². The van der Waals surface area contributed by atoms with E-state index in [2.05, 4.69) is 27.9 Å². The minimum atomic E-state index is -1.14. The van der Waals surface area contributed by atoms with Crippen LogP contribution in [0.3, 0.4) is 0 Å². The van der Waals surface area contributed by atoms with Gasteiger partial charge in [0.05, 0.1) is 11.9 Å². The molecular weight excluding hydrogens is 436 g/mol. The molecule has 1 aromatic heterocycles. The van der Waals surface area contributed by atoms with Gasteiger partial charge in [-0.1, -0.05) is 62.4 Å². The van der Waals surface area contributed by atoms with E-state index in [1.54, 1.807) is 13.8 Å². The Balaban J connectivity index is 1.46. The Morgan fingerprint density at radius 2 is 1.65 bits per heavy atom. The number of carboxylic acid groups (broad SMARTS) is 1. The fraction of sp³-hybridized carbons (Fsp3) is 0.280. The molecular formula is C25H26N4O5. The number of carbonyl (C=O) groups excluding carboxylic acids is 2. The van der Waals surface area contributed by atoms with E-state index in [0.717, 1.165) is 22.3 Å². The fourth-order valence-corrected chi connectivity index (χ4v) is 4.27. The van der Waals surface area contributed by atoms with Crippen LogP contribution in [-0.4, -0.2) is 45.5 Å². The third kappa shape index (κ3) is 4.36. The van der Waals surface area contributed by atoms with Gasteiger partial charge in [-0.05, 0) is 28.2 Å². The van der Waals surface area contributed by atoms with Crippen molar-refractivity contribution in [3.05, 3.63) is 71.5 Å². The van der Waals surface area contributed by atoms with Crippen molar-refractivity contribution in [2.45, 2.75) is 25.8 Å². The summed E-state index contributed by atoms with van der Waals surface area (Å²) >= 11 is 0. The number of fused-ring (bicyclic) bond motifs is 3. The number of carboxylic acids is 1. The highest BCUT2D eigenvalue weighted by Gasteiger charge is 2.30. The first-order valence-corrected chi connectivity index (χ1v) is 11.0. The highest BCUT2D eigenvalue weighted by molar-refractivity contribution is 6.02. The second kappa shape index (κ2) is 9.38. The number of aliphatic carboxylic acids is 1. The van der Waals surface area contributed by atoms with Gasteiger partial charge in [-0.25, -0.2) is 9.59 Å². The number of hydrogen-bond acceptors (Lipinski definition) is 5. The van der Waals surface area contributed by atoms with Gasteiger partial charge in [0.25, 0.3) is 5.91 Å². The van der Waals surface area contributed by atoms with Gasteiger partial charge in [0, 0.05) is 13.0 Å². The Kier molecular flexibility index (Phi) is 6.36. The smallest absolute Gasteiger partial charge is 0.411 e. The molecule has 176 valence electrons. The van der Waals surface area contributed by atoms with Gasteiger partial charge in [-0.15, -0.1) is 0 Å². The molecule has 0 saturated heterocycles. The summed E-state index contributed by atoms with van der Waals surface area (Å²) < 4.78 is 6.80. The maximum absolute atomic E-state index is 12.8. The van der Waals surface area contributed by atoms with Crippen LogP contribution in [0.1, 0.15) is 41.4 Å². The molecule has 1 atom stereocenters. The zero-order chi connectivity index (χ0) is 24.4. The number of rotatable bonds is 7. The van der Waals surface area contributed by atoms with Crippen molar-refractivity contribution < 1.29 is 24.2 Å². The predicted molar refractivity (Wildman–Crippen MR) is 126 cm³/mol. The Morgan fingerprint density at radius 1 is 1.06 bits per heavy atom. The van der Waals surface area contributed by atoms with Crippen molar-refractivity contribution in [1.29, 1.82) is 0 Å². The van der Waals surface area contributed by atoms with Crippen molar-refractivity contribution >= 4 is 23.7 Å². The molecule has 3 aromatic rings. The van der Waals surface area contributed by atoms with Crippen LogP contribution in [0.5, 0.6) is 0 Å². The largest absolute Gasteiger partial charge is 0.480 e. The van der Waals surface area contributed by atoms with Crippen LogP contribution in [0.2, 0.25) is 0 Å². The molecule has 0 fully saturated rings. The summed E-state index contributed by atoms with van der Waals surface area (Å²) in [5.74, 6) is -2.22. The third-order valence-corrected chi connectivity index (χ3v) is 5.95. The average Bonchev–Trinajstić information content (AvgIpc) is 3.33. The lowest BCUT2D eigenvalue weighted by Crippen LogP contribution is -2.45. The van der Waals surface area contributed by atoms with E-state index in [-0.39, 0.29) is 29.8 Å². The van der Waals surface area contributed by atoms with E-state index in [1.165, 1.54) is 17.9 Å². The number of benzene rings is 2. The number of hydrogen-bond donors (Lipinski definition) is 3. The Morgan fingerprint density at radius 3 is 2.21 bits per heavy atom. The molecule has 34 heavy (non-hydrogen) atoms. The molecule has 9 nitrogen and oxygen atoms in total. The zero-order valence-corrected chi connectivity index (χ0v) is 19.1. The summed E-state index contributed by atoms with van der Waals surface area (Å²) in [6.07, 6.45) is 0.587. The number of carbonyl (C=O) groups is 3. The summed E-state index contributed by atoms with van der Waals surface area (Å²) in [7, 11) is 1.53. The van der Waals surface area contributed by atoms with E-state index in [9.17, 15) is 19.5 Å². The first-order valence-electron chi connectivity index (χ1n) is 11.0. The van der Waals surface area contributed by atoms with Gasteiger partial charge in [0.2, 0.25) is 0 Å². The Bertz CT molecular complexity index is 1200. The van der Waals surface area contributed by atoms with E-state index in [4.69, 9.17) is 4.74 Å². The molecule has 1 aliphatic rings. The number of aryl methyl sites for hydroxylation is 1. The predicted octanol–water partition coefficient (Wildman–Crippen LogP) is 3.62. The second-order valence-corrected chi connectivity index (χ2v) is 8.51. The monoisotopic (exact) mass is 462 g/mol. The standard InChI is InChI=1S/C25H26N4O5/c1-14(2)21(24(31)32)28-23(30)22-20(12-26-29(22)3)27-25(33)34-13-19-17-10-6-4-8-15(17)16-9-5-7-11-18(16)19/h4-12,14,19,21H,13H2,1-3H3,(H,27,33)(H,28,30)(H,31,32)/t21-/m0/s1. The molecule has 0 unspecified atom stereocenters. The van der Waals surface area contributed by atoms with Crippen LogP contribution < -0.4 is 10.6 Å². The van der Waals surface area contributed by atoms with Crippen LogP contribution in [0, 0.1) is 5.92 Å². The summed E-state index contributed by atoms with van der Waals surface area (Å²) in [5.41, 5.74) is 4.58. The van der Waals surface area contributed by atoms with Crippen molar-refractivity contribution in [1.82, 2.24) is 15.1 Å². The number of ether oxygens (including phenoxy) is 1. The second-order valence-electron chi connectivity index (χ2n) is 8.51. The van der Waals surface area contributed by atoms with Crippen molar-refractivity contribution in [2.75, 3.05) is 11.9 Å². The lowest BCUT2D eigenvalue weighted by molar-refractivity contribution is -0.140. The molecule has 0 aliphatic heterocycles. The van der Waals surface area contributed by atoms with Crippen molar-refractivity contribution in [2.24, 2.45) is 13.0 Å². The van der Waals surface area contributed by atoms with Crippen molar-refractivity contribution in [3.63, 3.8) is 0 Å². The molecule has 2 aromatic carbocycles. The molecule has 9 heteroatoms. The van der Waals surface area contributed by atoms with Crippen LogP contribution >= 0.6 is 0 Å².